The number of aryl methyl sites for hydroxylation is 1. The molecular formula is C13H17NO2. The summed E-state index contributed by atoms with van der Waals surface area (Å²) in [4.78, 5) is 11.8. The zero-order valence-electron chi connectivity index (χ0n) is 9.53. The Labute approximate surface area is 95.6 Å². The molecule has 1 saturated carbocycles. The molecule has 0 heterocycles. The molecule has 2 rings (SSSR count). The third-order valence-corrected chi connectivity index (χ3v) is 3.09. The third-order valence-electron chi connectivity index (χ3n) is 3.09. The Morgan fingerprint density at radius 1 is 1.38 bits per heavy atom. The molecule has 2 N–H and O–H groups in total. The molecule has 0 unspecified atom stereocenters. The summed E-state index contributed by atoms with van der Waals surface area (Å²) < 4.78 is 5.40. The molecule has 1 fully saturated rings. The van der Waals surface area contributed by atoms with E-state index >= 15 is 0 Å². The number of rotatable bonds is 2. The van der Waals surface area contributed by atoms with Crippen LogP contribution in [0.5, 0.6) is 0 Å². The van der Waals surface area contributed by atoms with Gasteiger partial charge in [0.25, 0.3) is 0 Å². The van der Waals surface area contributed by atoms with Crippen molar-refractivity contribution in [2.45, 2.75) is 38.7 Å². The molecule has 0 amide bonds. The first-order valence-corrected chi connectivity index (χ1v) is 5.74. The molecule has 0 aromatic heterocycles. The second-order valence-electron chi connectivity index (χ2n) is 4.38. The van der Waals surface area contributed by atoms with Crippen molar-refractivity contribution in [2.75, 3.05) is 5.73 Å². The molecule has 86 valence electrons. The van der Waals surface area contributed by atoms with Crippen LogP contribution in [0.4, 0.5) is 5.69 Å². The van der Waals surface area contributed by atoms with Crippen molar-refractivity contribution in [3.63, 3.8) is 0 Å². The molecule has 1 aromatic rings. The molecule has 3 nitrogen and oxygen atoms in total. The maximum atomic E-state index is 11.8. The molecule has 0 saturated heterocycles. The highest BCUT2D eigenvalue weighted by Crippen LogP contribution is 2.22. The average Bonchev–Trinajstić information content (AvgIpc) is 2.74. The van der Waals surface area contributed by atoms with Crippen LogP contribution < -0.4 is 5.73 Å². The Hall–Kier alpha value is -1.51. The lowest BCUT2D eigenvalue weighted by Gasteiger charge is -2.11. The topological polar surface area (TPSA) is 52.3 Å². The van der Waals surface area contributed by atoms with Gasteiger partial charge in [-0.3, -0.25) is 0 Å². The average molecular weight is 219 g/mol. The number of hydrogen-bond acceptors (Lipinski definition) is 3. The summed E-state index contributed by atoms with van der Waals surface area (Å²) in [5.74, 6) is -0.251. The first-order valence-electron chi connectivity index (χ1n) is 5.74. The van der Waals surface area contributed by atoms with Gasteiger partial charge in [-0.05, 0) is 50.3 Å². The lowest BCUT2D eigenvalue weighted by atomic mass is 10.1. The van der Waals surface area contributed by atoms with Gasteiger partial charge in [0.15, 0.2) is 0 Å². The van der Waals surface area contributed by atoms with Crippen molar-refractivity contribution in [3.05, 3.63) is 29.3 Å². The normalized spacial score (nSPS) is 16.3. The van der Waals surface area contributed by atoms with Crippen LogP contribution in [-0.4, -0.2) is 12.1 Å². The van der Waals surface area contributed by atoms with E-state index in [-0.39, 0.29) is 12.1 Å². The minimum Gasteiger partial charge on any atom is -0.459 e. The number of nitrogens with two attached hydrogens (primary N) is 1. The fourth-order valence-corrected chi connectivity index (χ4v) is 1.99. The van der Waals surface area contributed by atoms with E-state index in [2.05, 4.69) is 0 Å². The van der Waals surface area contributed by atoms with Gasteiger partial charge in [-0.25, -0.2) is 4.79 Å². The molecule has 0 spiro atoms. The summed E-state index contributed by atoms with van der Waals surface area (Å²) in [5, 5.41) is 0. The van der Waals surface area contributed by atoms with Crippen molar-refractivity contribution in [1.29, 1.82) is 0 Å². The zero-order chi connectivity index (χ0) is 11.5. The third kappa shape index (κ3) is 2.35. The van der Waals surface area contributed by atoms with Gasteiger partial charge in [0.1, 0.15) is 6.10 Å². The highest BCUT2D eigenvalue weighted by atomic mass is 16.5. The van der Waals surface area contributed by atoms with Gasteiger partial charge in [-0.15, -0.1) is 0 Å². The van der Waals surface area contributed by atoms with Crippen LogP contribution in [0.3, 0.4) is 0 Å². The lowest BCUT2D eigenvalue weighted by molar-refractivity contribution is 0.0318. The molecule has 0 atom stereocenters. The van der Waals surface area contributed by atoms with Crippen molar-refractivity contribution in [1.82, 2.24) is 0 Å². The minimum absolute atomic E-state index is 0.107. The summed E-state index contributed by atoms with van der Waals surface area (Å²) in [6.45, 7) is 1.92. The maximum absolute atomic E-state index is 11.8. The summed E-state index contributed by atoms with van der Waals surface area (Å²) in [6.07, 6.45) is 4.41. The SMILES string of the molecule is Cc1ccc(C(=O)OC2CCCC2)cc1N. The number of esters is 1. The van der Waals surface area contributed by atoms with E-state index in [0.29, 0.717) is 11.3 Å². The molecular weight excluding hydrogens is 202 g/mol. The Morgan fingerprint density at radius 3 is 2.69 bits per heavy atom. The second kappa shape index (κ2) is 4.56. The van der Waals surface area contributed by atoms with E-state index in [0.717, 1.165) is 31.2 Å². The minimum atomic E-state index is -0.251. The standard InChI is InChI=1S/C13H17NO2/c1-9-6-7-10(8-12(9)14)13(15)16-11-4-2-3-5-11/h6-8,11H,2-5,14H2,1H3. The van der Waals surface area contributed by atoms with E-state index in [1.807, 2.05) is 13.0 Å². The fourth-order valence-electron chi connectivity index (χ4n) is 1.99. The molecule has 3 heteroatoms. The first-order chi connectivity index (χ1) is 7.66. The van der Waals surface area contributed by atoms with Crippen LogP contribution in [0.1, 0.15) is 41.6 Å². The first kappa shape index (κ1) is 11.0. The monoisotopic (exact) mass is 219 g/mol. The van der Waals surface area contributed by atoms with Crippen LogP contribution in [0.15, 0.2) is 18.2 Å². The van der Waals surface area contributed by atoms with E-state index in [4.69, 9.17) is 10.5 Å². The van der Waals surface area contributed by atoms with Crippen molar-refractivity contribution >= 4 is 11.7 Å². The molecule has 0 aliphatic heterocycles. The van der Waals surface area contributed by atoms with Crippen molar-refractivity contribution < 1.29 is 9.53 Å². The van der Waals surface area contributed by atoms with Crippen LogP contribution in [0.2, 0.25) is 0 Å². The Morgan fingerprint density at radius 2 is 2.06 bits per heavy atom. The number of carbonyl (C=O) groups is 1. The summed E-state index contributed by atoms with van der Waals surface area (Å²) in [5.41, 5.74) is 7.93. The predicted molar refractivity (Wildman–Crippen MR) is 63.3 cm³/mol. The van der Waals surface area contributed by atoms with Gasteiger partial charge >= 0.3 is 5.97 Å². The fraction of sp³-hybridized carbons (Fsp3) is 0.462. The molecule has 1 aromatic carbocycles. The van der Waals surface area contributed by atoms with Crippen molar-refractivity contribution in [3.8, 4) is 0 Å². The van der Waals surface area contributed by atoms with E-state index in [1.165, 1.54) is 0 Å². The summed E-state index contributed by atoms with van der Waals surface area (Å²) in [7, 11) is 0. The Bertz CT molecular complexity index is 395. The number of carbonyl (C=O) groups excluding carboxylic acids is 1. The van der Waals surface area contributed by atoms with Gasteiger partial charge in [0.05, 0.1) is 5.56 Å². The quantitative estimate of drug-likeness (QED) is 0.614. The van der Waals surface area contributed by atoms with Gasteiger partial charge in [-0.1, -0.05) is 6.07 Å². The smallest absolute Gasteiger partial charge is 0.338 e. The number of ether oxygens (including phenoxy) is 1. The van der Waals surface area contributed by atoms with Crippen LogP contribution in [0.25, 0.3) is 0 Å². The second-order valence-corrected chi connectivity index (χ2v) is 4.38. The van der Waals surface area contributed by atoms with Gasteiger partial charge in [0.2, 0.25) is 0 Å². The lowest BCUT2D eigenvalue weighted by Crippen LogP contribution is -2.15. The number of nitrogen functional groups attached to an aromatic ring is 1. The van der Waals surface area contributed by atoms with Gasteiger partial charge in [-0.2, -0.15) is 0 Å². The van der Waals surface area contributed by atoms with Crippen LogP contribution >= 0.6 is 0 Å². The van der Waals surface area contributed by atoms with Gasteiger partial charge < -0.3 is 10.5 Å². The van der Waals surface area contributed by atoms with Crippen molar-refractivity contribution in [2.24, 2.45) is 0 Å². The molecule has 1 aliphatic rings. The Balaban J connectivity index is 2.05. The summed E-state index contributed by atoms with van der Waals surface area (Å²) in [6, 6.07) is 5.30. The maximum Gasteiger partial charge on any atom is 0.338 e. The van der Waals surface area contributed by atoms with Crippen LogP contribution in [-0.2, 0) is 4.74 Å². The highest BCUT2D eigenvalue weighted by Gasteiger charge is 2.20. The predicted octanol–water partition coefficient (Wildman–Crippen LogP) is 2.68. The molecule has 16 heavy (non-hydrogen) atoms. The van der Waals surface area contributed by atoms with E-state index < -0.39 is 0 Å². The van der Waals surface area contributed by atoms with E-state index in [9.17, 15) is 4.79 Å². The summed E-state index contributed by atoms with van der Waals surface area (Å²) >= 11 is 0. The number of anilines is 1. The molecule has 1 aliphatic carbocycles. The Kier molecular flexibility index (Phi) is 3.13. The largest absolute Gasteiger partial charge is 0.459 e. The van der Waals surface area contributed by atoms with Gasteiger partial charge in [0, 0.05) is 5.69 Å². The zero-order valence-corrected chi connectivity index (χ0v) is 9.53. The number of benzene rings is 1. The molecule has 0 bridgehead atoms. The molecule has 0 radical (unpaired) electrons. The highest BCUT2D eigenvalue weighted by molar-refractivity contribution is 5.90. The van der Waals surface area contributed by atoms with Crippen LogP contribution in [0, 0.1) is 6.92 Å². The van der Waals surface area contributed by atoms with E-state index in [1.54, 1.807) is 12.1 Å². The number of hydrogen-bond donors (Lipinski definition) is 1.